The van der Waals surface area contributed by atoms with Crippen LogP contribution in [0.15, 0.2) is 48.5 Å². The van der Waals surface area contributed by atoms with Crippen LogP contribution in [0.4, 0.5) is 5.82 Å². The quantitative estimate of drug-likeness (QED) is 0.461. The maximum Gasteiger partial charge on any atom is 0.263 e. The highest BCUT2D eigenvalue weighted by Gasteiger charge is 2.15. The summed E-state index contributed by atoms with van der Waals surface area (Å²) in [5.74, 6) is 1.47. The second-order valence-electron chi connectivity index (χ2n) is 7.65. The largest absolute Gasteiger partial charge is 0.484 e. The lowest BCUT2D eigenvalue weighted by molar-refractivity contribution is -0.118. The number of halogens is 1. The second-order valence-corrected chi connectivity index (χ2v) is 8.09. The number of aryl methyl sites for hydroxylation is 4. The lowest BCUT2D eigenvalue weighted by Gasteiger charge is -2.12. The number of nitrogens with zero attached hydrogens (tertiary/aromatic N) is 3. The van der Waals surface area contributed by atoms with Crippen LogP contribution in [0.5, 0.6) is 5.75 Å². The van der Waals surface area contributed by atoms with Gasteiger partial charge in [0.05, 0.1) is 11.2 Å². The van der Waals surface area contributed by atoms with E-state index in [1.54, 1.807) is 28.9 Å². The van der Waals surface area contributed by atoms with Gasteiger partial charge in [0, 0.05) is 16.5 Å². The van der Waals surface area contributed by atoms with E-state index in [4.69, 9.17) is 21.3 Å². The first kappa shape index (κ1) is 20.9. The molecule has 0 unspecified atom stereocenters. The van der Waals surface area contributed by atoms with Crippen molar-refractivity contribution in [3.63, 3.8) is 0 Å². The normalized spacial score (nSPS) is 11.0. The molecule has 0 aliphatic rings. The number of nitrogens with one attached hydrogen (secondary N) is 1. The highest BCUT2D eigenvalue weighted by molar-refractivity contribution is 6.30. The number of hydrogen-bond donors (Lipinski definition) is 1. The van der Waals surface area contributed by atoms with Gasteiger partial charge in [-0.3, -0.25) is 4.79 Å². The zero-order valence-corrected chi connectivity index (χ0v) is 18.6. The van der Waals surface area contributed by atoms with Crippen LogP contribution < -0.4 is 10.1 Å². The molecular weight excluding hydrogens is 412 g/mol. The Labute approximate surface area is 185 Å². The Kier molecular flexibility index (Phi) is 5.65. The number of amides is 1. The molecule has 2 aromatic heterocycles. The molecule has 1 amide bonds. The number of rotatable bonds is 5. The van der Waals surface area contributed by atoms with Gasteiger partial charge >= 0.3 is 0 Å². The Hall–Kier alpha value is -3.38. The topological polar surface area (TPSA) is 69.0 Å². The van der Waals surface area contributed by atoms with Gasteiger partial charge in [0.2, 0.25) is 0 Å². The summed E-state index contributed by atoms with van der Waals surface area (Å²) in [5, 5.41) is 9.14. The lowest BCUT2D eigenvalue weighted by atomic mass is 10.0. The lowest BCUT2D eigenvalue weighted by Crippen LogP contribution is -2.22. The molecule has 0 atom stereocenters. The van der Waals surface area contributed by atoms with Crippen LogP contribution >= 0.6 is 11.6 Å². The molecule has 4 aromatic rings. The SMILES string of the molecule is Cc1cc(C)c2nc(-n3nc(C)cc3NC(=O)COc3ccc(Cl)cc3)cc(C)c2c1. The predicted molar refractivity (Wildman–Crippen MR) is 123 cm³/mol. The van der Waals surface area contributed by atoms with Crippen molar-refractivity contribution < 1.29 is 9.53 Å². The average Bonchev–Trinajstić information content (AvgIpc) is 3.08. The zero-order valence-electron chi connectivity index (χ0n) is 17.9. The fourth-order valence-electron chi connectivity index (χ4n) is 3.56. The highest BCUT2D eigenvalue weighted by atomic mass is 35.5. The minimum Gasteiger partial charge on any atom is -0.484 e. The molecule has 6 nitrogen and oxygen atoms in total. The summed E-state index contributed by atoms with van der Waals surface area (Å²) in [5.41, 5.74) is 5.10. The molecule has 0 spiro atoms. The average molecular weight is 435 g/mol. The first-order chi connectivity index (χ1) is 14.8. The Morgan fingerprint density at radius 1 is 1.03 bits per heavy atom. The van der Waals surface area contributed by atoms with E-state index in [2.05, 4.69) is 43.3 Å². The van der Waals surface area contributed by atoms with Crippen LogP contribution in [0.25, 0.3) is 16.7 Å². The molecule has 0 aliphatic heterocycles. The molecule has 2 aromatic carbocycles. The summed E-state index contributed by atoms with van der Waals surface area (Å²) in [6, 6.07) is 14.9. The van der Waals surface area contributed by atoms with Crippen LogP contribution in [-0.4, -0.2) is 27.3 Å². The Morgan fingerprint density at radius 2 is 1.77 bits per heavy atom. The third-order valence-corrected chi connectivity index (χ3v) is 5.19. The molecule has 0 fully saturated rings. The van der Waals surface area contributed by atoms with E-state index < -0.39 is 0 Å². The predicted octanol–water partition coefficient (Wildman–Crippen LogP) is 5.33. The maximum absolute atomic E-state index is 12.5. The molecule has 0 bridgehead atoms. The fraction of sp³-hybridized carbons (Fsp3) is 0.208. The summed E-state index contributed by atoms with van der Waals surface area (Å²) in [7, 11) is 0. The molecule has 0 radical (unpaired) electrons. The van der Waals surface area contributed by atoms with E-state index in [9.17, 15) is 4.79 Å². The summed E-state index contributed by atoms with van der Waals surface area (Å²) in [4.78, 5) is 17.3. The number of aromatic nitrogens is 3. The monoisotopic (exact) mass is 434 g/mol. The van der Waals surface area contributed by atoms with Crippen molar-refractivity contribution in [3.05, 3.63) is 75.9 Å². The number of hydrogen-bond acceptors (Lipinski definition) is 4. The van der Waals surface area contributed by atoms with E-state index in [0.29, 0.717) is 22.4 Å². The Bertz CT molecular complexity index is 1280. The third-order valence-electron chi connectivity index (χ3n) is 4.94. The summed E-state index contributed by atoms with van der Waals surface area (Å²) >= 11 is 5.87. The van der Waals surface area contributed by atoms with Crippen LogP contribution in [-0.2, 0) is 4.79 Å². The smallest absolute Gasteiger partial charge is 0.263 e. The van der Waals surface area contributed by atoms with Crippen LogP contribution in [0.2, 0.25) is 5.02 Å². The molecular formula is C24H23ClN4O2. The summed E-state index contributed by atoms with van der Waals surface area (Å²) in [6.45, 7) is 7.93. The summed E-state index contributed by atoms with van der Waals surface area (Å²) < 4.78 is 7.19. The van der Waals surface area contributed by atoms with Crippen molar-refractivity contribution in [3.8, 4) is 11.6 Å². The molecule has 0 saturated heterocycles. The molecule has 1 N–H and O–H groups in total. The van der Waals surface area contributed by atoms with Gasteiger partial charge in [0.25, 0.3) is 5.91 Å². The first-order valence-corrected chi connectivity index (χ1v) is 10.3. The first-order valence-electron chi connectivity index (χ1n) is 9.94. The van der Waals surface area contributed by atoms with E-state index >= 15 is 0 Å². The van der Waals surface area contributed by atoms with E-state index in [-0.39, 0.29) is 12.5 Å². The van der Waals surface area contributed by atoms with Crippen LogP contribution in [0, 0.1) is 27.7 Å². The van der Waals surface area contributed by atoms with Gasteiger partial charge in [-0.05, 0) is 75.2 Å². The van der Waals surface area contributed by atoms with Gasteiger partial charge < -0.3 is 10.1 Å². The van der Waals surface area contributed by atoms with Gasteiger partial charge in [0.15, 0.2) is 12.4 Å². The van der Waals surface area contributed by atoms with E-state index in [1.807, 2.05) is 19.1 Å². The van der Waals surface area contributed by atoms with Crippen molar-refractivity contribution in [2.24, 2.45) is 0 Å². The minimum atomic E-state index is -0.291. The van der Waals surface area contributed by atoms with E-state index in [1.165, 1.54) is 5.56 Å². The molecule has 158 valence electrons. The van der Waals surface area contributed by atoms with Crippen molar-refractivity contribution in [1.82, 2.24) is 14.8 Å². The third kappa shape index (κ3) is 4.54. The minimum absolute atomic E-state index is 0.131. The standard InChI is InChI=1S/C24H23ClN4O2/c1-14-9-16(3)24-20(10-14)15(2)11-21(27-24)29-22(12-17(4)28-29)26-23(30)13-31-19-7-5-18(25)6-8-19/h5-12H,13H2,1-4H3,(H,26,30). The highest BCUT2D eigenvalue weighted by Crippen LogP contribution is 2.26. The number of pyridine rings is 1. The van der Waals surface area contributed by atoms with Gasteiger partial charge in [-0.2, -0.15) is 9.78 Å². The van der Waals surface area contributed by atoms with Crippen molar-refractivity contribution in [2.45, 2.75) is 27.7 Å². The zero-order chi connectivity index (χ0) is 22.1. The van der Waals surface area contributed by atoms with E-state index in [0.717, 1.165) is 27.7 Å². The number of carbonyl (C=O) groups is 1. The molecule has 0 aliphatic carbocycles. The molecule has 31 heavy (non-hydrogen) atoms. The number of benzene rings is 2. The molecule has 2 heterocycles. The fourth-order valence-corrected chi connectivity index (χ4v) is 3.68. The molecule has 4 rings (SSSR count). The van der Waals surface area contributed by atoms with Crippen molar-refractivity contribution in [1.29, 1.82) is 0 Å². The van der Waals surface area contributed by atoms with Gasteiger partial charge in [-0.25, -0.2) is 4.98 Å². The molecule has 0 saturated carbocycles. The van der Waals surface area contributed by atoms with Gasteiger partial charge in [-0.15, -0.1) is 0 Å². The summed E-state index contributed by atoms with van der Waals surface area (Å²) in [6.07, 6.45) is 0. The number of fused-ring (bicyclic) bond motifs is 1. The van der Waals surface area contributed by atoms with Crippen molar-refractivity contribution in [2.75, 3.05) is 11.9 Å². The maximum atomic E-state index is 12.5. The van der Waals surface area contributed by atoms with Crippen LogP contribution in [0.1, 0.15) is 22.4 Å². The Balaban J connectivity index is 1.60. The number of carbonyl (C=O) groups excluding carboxylic acids is 1. The van der Waals surface area contributed by atoms with Crippen molar-refractivity contribution >= 4 is 34.2 Å². The number of anilines is 1. The van der Waals surface area contributed by atoms with Gasteiger partial charge in [-0.1, -0.05) is 23.2 Å². The Morgan fingerprint density at radius 3 is 2.52 bits per heavy atom. The van der Waals surface area contributed by atoms with Crippen LogP contribution in [0.3, 0.4) is 0 Å². The second kappa shape index (κ2) is 8.40. The molecule has 7 heteroatoms. The number of ether oxygens (including phenoxy) is 1. The van der Waals surface area contributed by atoms with Gasteiger partial charge in [0.1, 0.15) is 11.6 Å².